The molecular formula is C20H27N5O4. The maximum Gasteiger partial charge on any atom is 0.241 e. The molecule has 4 rings (SSSR count). The van der Waals surface area contributed by atoms with E-state index in [2.05, 4.69) is 15.8 Å². The number of nitrogens with one attached hydrogen (secondary N) is 2. The molecule has 29 heavy (non-hydrogen) atoms. The fourth-order valence-corrected chi connectivity index (χ4v) is 3.47. The molecule has 9 nitrogen and oxygen atoms in total. The van der Waals surface area contributed by atoms with E-state index in [1.807, 2.05) is 54.8 Å². The summed E-state index contributed by atoms with van der Waals surface area (Å²) < 4.78 is 18.5. The van der Waals surface area contributed by atoms with Crippen molar-refractivity contribution in [1.29, 1.82) is 0 Å². The molecule has 1 saturated heterocycles. The fraction of sp³-hybridized carbons (Fsp3) is 0.500. The van der Waals surface area contributed by atoms with Crippen molar-refractivity contribution in [2.24, 2.45) is 7.05 Å². The third-order valence-corrected chi connectivity index (χ3v) is 5.21. The van der Waals surface area contributed by atoms with Gasteiger partial charge in [0.25, 0.3) is 0 Å². The molecule has 2 aliphatic heterocycles. The Morgan fingerprint density at radius 3 is 2.93 bits per heavy atom. The maximum absolute atomic E-state index is 13.1. The summed E-state index contributed by atoms with van der Waals surface area (Å²) >= 11 is 0. The zero-order valence-corrected chi connectivity index (χ0v) is 16.9. The predicted molar refractivity (Wildman–Crippen MR) is 105 cm³/mol. The van der Waals surface area contributed by atoms with E-state index in [1.54, 1.807) is 6.20 Å². The van der Waals surface area contributed by atoms with Crippen molar-refractivity contribution in [1.82, 2.24) is 25.3 Å². The molecule has 2 aliphatic rings. The van der Waals surface area contributed by atoms with Crippen molar-refractivity contribution in [3.05, 3.63) is 36.4 Å². The van der Waals surface area contributed by atoms with Gasteiger partial charge in [-0.05, 0) is 32.4 Å². The van der Waals surface area contributed by atoms with Gasteiger partial charge in [0.1, 0.15) is 24.2 Å². The van der Waals surface area contributed by atoms with Crippen molar-refractivity contribution in [2.75, 3.05) is 13.4 Å². The lowest BCUT2D eigenvalue weighted by molar-refractivity contribution is -0.135. The van der Waals surface area contributed by atoms with E-state index in [-0.39, 0.29) is 30.8 Å². The van der Waals surface area contributed by atoms with Crippen LogP contribution in [0, 0.1) is 0 Å². The smallest absolute Gasteiger partial charge is 0.241 e. The molecule has 2 unspecified atom stereocenters. The van der Waals surface area contributed by atoms with Gasteiger partial charge in [-0.3, -0.25) is 10.2 Å². The van der Waals surface area contributed by atoms with E-state index in [0.717, 1.165) is 11.6 Å². The first-order valence-corrected chi connectivity index (χ1v) is 9.81. The number of imidazole rings is 1. The number of ether oxygens (including phenoxy) is 3. The molecule has 156 valence electrons. The monoisotopic (exact) mass is 401 g/mol. The molecule has 0 spiro atoms. The van der Waals surface area contributed by atoms with Crippen LogP contribution in [0.15, 0.2) is 30.6 Å². The van der Waals surface area contributed by atoms with Gasteiger partial charge in [-0.1, -0.05) is 0 Å². The maximum atomic E-state index is 13.1. The van der Waals surface area contributed by atoms with Gasteiger partial charge < -0.3 is 23.7 Å². The molecule has 0 bridgehead atoms. The molecule has 9 heteroatoms. The lowest BCUT2D eigenvalue weighted by Gasteiger charge is -2.29. The highest BCUT2D eigenvalue weighted by molar-refractivity contribution is 5.82. The number of fused-ring (bicyclic) bond motifs is 1. The Morgan fingerprint density at radius 1 is 1.34 bits per heavy atom. The van der Waals surface area contributed by atoms with Gasteiger partial charge in [0.2, 0.25) is 12.7 Å². The number of hydrogen-bond acceptors (Lipinski definition) is 7. The van der Waals surface area contributed by atoms with Crippen molar-refractivity contribution < 1.29 is 19.0 Å². The van der Waals surface area contributed by atoms with E-state index in [4.69, 9.17) is 14.2 Å². The number of aromatic nitrogens is 2. The molecule has 3 heterocycles. The molecule has 1 amide bonds. The Labute approximate surface area is 169 Å². The molecule has 0 radical (unpaired) electrons. The Balaban J connectivity index is 1.32. The molecule has 0 aliphatic carbocycles. The predicted octanol–water partition coefficient (Wildman–Crippen LogP) is 1.20. The normalized spacial score (nSPS) is 20.3. The Hall–Kier alpha value is -2.78. The molecular weight excluding hydrogens is 374 g/mol. The average molecular weight is 401 g/mol. The van der Waals surface area contributed by atoms with E-state index < -0.39 is 0 Å². The molecule has 1 aromatic carbocycles. The number of hydrazine groups is 1. The van der Waals surface area contributed by atoms with E-state index in [1.165, 1.54) is 0 Å². The second kappa shape index (κ2) is 8.30. The number of aryl methyl sites for hydroxylation is 1. The third kappa shape index (κ3) is 4.30. The van der Waals surface area contributed by atoms with E-state index in [0.29, 0.717) is 31.1 Å². The number of nitrogens with zero attached hydrogens (tertiary/aromatic N) is 3. The number of benzene rings is 1. The van der Waals surface area contributed by atoms with Gasteiger partial charge >= 0.3 is 0 Å². The summed E-state index contributed by atoms with van der Waals surface area (Å²) in [6.45, 7) is 5.20. The largest absolute Gasteiger partial charge is 0.492 e. The Morgan fingerprint density at radius 2 is 2.17 bits per heavy atom. The lowest BCUT2D eigenvalue weighted by Crippen LogP contribution is -2.48. The summed E-state index contributed by atoms with van der Waals surface area (Å²) in [5.74, 6) is 3.05. The van der Waals surface area contributed by atoms with Crippen molar-refractivity contribution in [2.45, 2.75) is 44.9 Å². The molecule has 2 aromatic rings. The standard InChI is InChI=1S/C20H27N5O4/c1-13(2)25(10-19-21-6-7-24(19)3)20(26)16-8-14(22-23-16)11-27-15-4-5-17-18(9-15)29-12-28-17/h4-7,9,13-14,16,22-23H,8,10-12H2,1-3H3. The van der Waals surface area contributed by atoms with Crippen LogP contribution in [0.4, 0.5) is 0 Å². The highest BCUT2D eigenvalue weighted by Gasteiger charge is 2.34. The third-order valence-electron chi connectivity index (χ3n) is 5.21. The SMILES string of the molecule is CC(C)N(Cc1nccn1C)C(=O)C1CC(COc2ccc3c(c2)OCO3)NN1. The van der Waals surface area contributed by atoms with Crippen molar-refractivity contribution >= 4 is 5.91 Å². The summed E-state index contributed by atoms with van der Waals surface area (Å²) in [6.07, 6.45) is 4.28. The van der Waals surface area contributed by atoms with Crippen LogP contribution in [0.25, 0.3) is 0 Å². The molecule has 1 fully saturated rings. The van der Waals surface area contributed by atoms with Gasteiger partial charge in [-0.25, -0.2) is 10.4 Å². The van der Waals surface area contributed by atoms with Gasteiger partial charge in [0, 0.05) is 31.5 Å². The number of carbonyl (C=O) groups is 1. The van der Waals surface area contributed by atoms with Crippen LogP contribution >= 0.6 is 0 Å². The van der Waals surface area contributed by atoms with Crippen LogP contribution in [0.5, 0.6) is 17.2 Å². The van der Waals surface area contributed by atoms with Crippen LogP contribution in [-0.4, -0.2) is 51.9 Å². The quantitative estimate of drug-likeness (QED) is 0.721. The first-order chi connectivity index (χ1) is 14.0. The topological polar surface area (TPSA) is 89.9 Å². The minimum absolute atomic E-state index is 0.0246. The molecule has 0 saturated carbocycles. The van der Waals surface area contributed by atoms with Crippen molar-refractivity contribution in [3.8, 4) is 17.2 Å². The summed E-state index contributed by atoms with van der Waals surface area (Å²) in [5, 5.41) is 0. The number of amides is 1. The Kier molecular flexibility index (Phi) is 5.59. The first-order valence-electron chi connectivity index (χ1n) is 9.81. The zero-order chi connectivity index (χ0) is 20.4. The summed E-state index contributed by atoms with van der Waals surface area (Å²) in [4.78, 5) is 19.3. The van der Waals surface area contributed by atoms with E-state index in [9.17, 15) is 4.79 Å². The highest BCUT2D eigenvalue weighted by Crippen LogP contribution is 2.35. The number of carbonyl (C=O) groups excluding carboxylic acids is 1. The molecule has 2 N–H and O–H groups in total. The van der Waals surface area contributed by atoms with E-state index >= 15 is 0 Å². The summed E-state index contributed by atoms with van der Waals surface area (Å²) in [5.41, 5.74) is 6.30. The van der Waals surface area contributed by atoms with Crippen LogP contribution < -0.4 is 25.1 Å². The second-order valence-electron chi connectivity index (χ2n) is 7.61. The number of hydrogen-bond donors (Lipinski definition) is 2. The van der Waals surface area contributed by atoms with Crippen LogP contribution in [0.1, 0.15) is 26.1 Å². The summed E-state index contributed by atoms with van der Waals surface area (Å²) in [6, 6.07) is 5.30. The lowest BCUT2D eigenvalue weighted by atomic mass is 10.1. The fourth-order valence-electron chi connectivity index (χ4n) is 3.47. The van der Waals surface area contributed by atoms with Crippen LogP contribution in [-0.2, 0) is 18.4 Å². The van der Waals surface area contributed by atoms with Gasteiger partial charge in [-0.2, -0.15) is 0 Å². The molecule has 2 atom stereocenters. The second-order valence-corrected chi connectivity index (χ2v) is 7.61. The zero-order valence-electron chi connectivity index (χ0n) is 16.9. The number of rotatable bonds is 7. The van der Waals surface area contributed by atoms with Crippen LogP contribution in [0.3, 0.4) is 0 Å². The Bertz CT molecular complexity index is 868. The van der Waals surface area contributed by atoms with Gasteiger partial charge in [-0.15, -0.1) is 0 Å². The van der Waals surface area contributed by atoms with Crippen LogP contribution in [0.2, 0.25) is 0 Å². The summed E-state index contributed by atoms with van der Waals surface area (Å²) in [7, 11) is 1.93. The van der Waals surface area contributed by atoms with Crippen molar-refractivity contribution in [3.63, 3.8) is 0 Å². The minimum atomic E-state index is -0.303. The molecule has 1 aromatic heterocycles. The minimum Gasteiger partial charge on any atom is -0.492 e. The first kappa shape index (κ1) is 19.5. The highest BCUT2D eigenvalue weighted by atomic mass is 16.7. The van der Waals surface area contributed by atoms with Gasteiger partial charge in [0.05, 0.1) is 12.6 Å². The average Bonchev–Trinajstić information content (AvgIpc) is 3.44. The van der Waals surface area contributed by atoms with Gasteiger partial charge in [0.15, 0.2) is 11.5 Å².